The van der Waals surface area contributed by atoms with Crippen LogP contribution in [-0.4, -0.2) is 31.7 Å². The lowest BCUT2D eigenvalue weighted by Crippen LogP contribution is -2.33. The highest BCUT2D eigenvalue weighted by Gasteiger charge is 2.15. The quantitative estimate of drug-likeness (QED) is 0.791. The molecule has 0 aliphatic carbocycles. The molecule has 0 radical (unpaired) electrons. The topological polar surface area (TPSA) is 50.4 Å². The molecule has 2 N–H and O–H groups in total. The van der Waals surface area contributed by atoms with Gasteiger partial charge < -0.3 is 15.4 Å². The summed E-state index contributed by atoms with van der Waals surface area (Å²) >= 11 is 2.88. The van der Waals surface area contributed by atoms with Crippen LogP contribution in [0.5, 0.6) is 0 Å². The van der Waals surface area contributed by atoms with E-state index in [0.717, 1.165) is 38.1 Å². The van der Waals surface area contributed by atoms with Gasteiger partial charge in [0.15, 0.2) is 0 Å². The van der Waals surface area contributed by atoms with E-state index in [1.54, 1.807) is 0 Å². The van der Waals surface area contributed by atoms with E-state index in [1.165, 1.54) is 0 Å². The fraction of sp³-hybridized carbons (Fsp3) is 0.500. The SMILES string of the molecule is O=C(CCOC1CCNCC1)Nc1cc(F)c(Br)cc1F. The molecule has 21 heavy (non-hydrogen) atoms. The normalized spacial score (nSPS) is 16.0. The van der Waals surface area contributed by atoms with Crippen molar-refractivity contribution in [1.29, 1.82) is 0 Å². The first-order valence-corrected chi connectivity index (χ1v) is 7.62. The predicted octanol–water partition coefficient (Wildman–Crippen LogP) is 2.82. The molecule has 0 bridgehead atoms. The lowest BCUT2D eigenvalue weighted by molar-refractivity contribution is -0.117. The molecule has 1 aromatic carbocycles. The smallest absolute Gasteiger partial charge is 0.226 e. The zero-order valence-corrected chi connectivity index (χ0v) is 13.0. The molecule has 1 aliphatic rings. The maximum absolute atomic E-state index is 13.6. The fourth-order valence-electron chi connectivity index (χ4n) is 2.11. The van der Waals surface area contributed by atoms with Crippen molar-refractivity contribution in [3.63, 3.8) is 0 Å². The van der Waals surface area contributed by atoms with Gasteiger partial charge in [0.1, 0.15) is 11.6 Å². The van der Waals surface area contributed by atoms with Crippen LogP contribution in [0.2, 0.25) is 0 Å². The van der Waals surface area contributed by atoms with Crippen LogP contribution in [-0.2, 0) is 9.53 Å². The highest BCUT2D eigenvalue weighted by Crippen LogP contribution is 2.23. The number of piperidine rings is 1. The molecule has 4 nitrogen and oxygen atoms in total. The Kier molecular flexibility index (Phi) is 6.08. The van der Waals surface area contributed by atoms with Gasteiger partial charge in [-0.05, 0) is 47.9 Å². The second-order valence-electron chi connectivity index (χ2n) is 4.86. The standard InChI is InChI=1S/C14H17BrF2N2O2/c15-10-7-12(17)13(8-11(10)16)19-14(20)3-6-21-9-1-4-18-5-2-9/h7-9,18H,1-6H2,(H,19,20). The lowest BCUT2D eigenvalue weighted by Gasteiger charge is -2.22. The molecule has 1 fully saturated rings. The van der Waals surface area contributed by atoms with E-state index in [4.69, 9.17) is 4.74 Å². The average molecular weight is 363 g/mol. The Morgan fingerprint density at radius 1 is 1.33 bits per heavy atom. The van der Waals surface area contributed by atoms with Crippen molar-refractivity contribution in [2.45, 2.75) is 25.4 Å². The third kappa shape index (κ3) is 5.01. The lowest BCUT2D eigenvalue weighted by atomic mass is 10.1. The highest BCUT2D eigenvalue weighted by atomic mass is 79.9. The Balaban J connectivity index is 1.77. The predicted molar refractivity (Wildman–Crippen MR) is 79.1 cm³/mol. The van der Waals surface area contributed by atoms with Crippen molar-refractivity contribution >= 4 is 27.5 Å². The minimum Gasteiger partial charge on any atom is -0.378 e. The third-order valence-corrected chi connectivity index (χ3v) is 3.86. The van der Waals surface area contributed by atoms with Crippen molar-refractivity contribution in [1.82, 2.24) is 5.32 Å². The summed E-state index contributed by atoms with van der Waals surface area (Å²) in [5, 5.41) is 5.57. The summed E-state index contributed by atoms with van der Waals surface area (Å²) in [7, 11) is 0. The molecule has 7 heteroatoms. The molecule has 0 aromatic heterocycles. The van der Waals surface area contributed by atoms with Crippen LogP contribution in [0.15, 0.2) is 16.6 Å². The molecule has 1 saturated heterocycles. The summed E-state index contributed by atoms with van der Waals surface area (Å²) in [5.74, 6) is -1.71. The molecule has 0 saturated carbocycles. The highest BCUT2D eigenvalue weighted by molar-refractivity contribution is 9.10. The molecule has 2 rings (SSSR count). The molecular weight excluding hydrogens is 346 g/mol. The molecule has 1 aliphatic heterocycles. The summed E-state index contributed by atoms with van der Waals surface area (Å²) in [4.78, 5) is 11.7. The fourth-order valence-corrected chi connectivity index (χ4v) is 2.43. The van der Waals surface area contributed by atoms with Gasteiger partial charge in [-0.15, -0.1) is 0 Å². The van der Waals surface area contributed by atoms with Gasteiger partial charge >= 0.3 is 0 Å². The molecule has 0 atom stereocenters. The van der Waals surface area contributed by atoms with Gasteiger partial charge in [0.05, 0.1) is 29.3 Å². The number of ether oxygens (including phenoxy) is 1. The number of amides is 1. The first kappa shape index (κ1) is 16.3. The zero-order valence-electron chi connectivity index (χ0n) is 11.4. The van der Waals surface area contributed by atoms with E-state index < -0.39 is 17.5 Å². The van der Waals surface area contributed by atoms with Gasteiger partial charge in [-0.3, -0.25) is 4.79 Å². The van der Waals surface area contributed by atoms with Crippen LogP contribution in [0.4, 0.5) is 14.5 Å². The largest absolute Gasteiger partial charge is 0.378 e. The van der Waals surface area contributed by atoms with Gasteiger partial charge in [0.25, 0.3) is 0 Å². The Hall–Kier alpha value is -1.05. The second-order valence-corrected chi connectivity index (χ2v) is 5.72. The second kappa shape index (κ2) is 7.82. The van der Waals surface area contributed by atoms with Crippen LogP contribution in [0, 0.1) is 11.6 Å². The summed E-state index contributed by atoms with van der Waals surface area (Å²) in [6, 6.07) is 1.93. The Bertz CT molecular complexity index is 508. The number of nitrogens with one attached hydrogen (secondary N) is 2. The van der Waals surface area contributed by atoms with Gasteiger partial charge in [-0.1, -0.05) is 0 Å². The zero-order chi connectivity index (χ0) is 15.2. The summed E-state index contributed by atoms with van der Waals surface area (Å²) in [6.45, 7) is 2.11. The number of benzene rings is 1. The number of halogens is 3. The van der Waals surface area contributed by atoms with Crippen molar-refractivity contribution in [3.8, 4) is 0 Å². The maximum Gasteiger partial charge on any atom is 0.226 e. The van der Waals surface area contributed by atoms with Gasteiger partial charge in [-0.25, -0.2) is 8.78 Å². The van der Waals surface area contributed by atoms with Crippen molar-refractivity contribution in [2.75, 3.05) is 25.0 Å². The number of anilines is 1. The molecule has 0 unspecified atom stereocenters. The van der Waals surface area contributed by atoms with E-state index in [1.807, 2.05) is 0 Å². The summed E-state index contributed by atoms with van der Waals surface area (Å²) in [5.41, 5.74) is -0.164. The van der Waals surface area contributed by atoms with E-state index >= 15 is 0 Å². The first-order valence-electron chi connectivity index (χ1n) is 6.83. The van der Waals surface area contributed by atoms with Gasteiger partial charge in [0.2, 0.25) is 5.91 Å². The Morgan fingerprint density at radius 2 is 2.05 bits per heavy atom. The Labute approximate surface area is 130 Å². The molecule has 1 heterocycles. The minimum absolute atomic E-state index is 0.0206. The third-order valence-electron chi connectivity index (χ3n) is 3.25. The molecule has 1 aromatic rings. The van der Waals surface area contributed by atoms with Crippen LogP contribution in [0.1, 0.15) is 19.3 Å². The van der Waals surface area contributed by atoms with Crippen LogP contribution in [0.3, 0.4) is 0 Å². The van der Waals surface area contributed by atoms with Crippen molar-refractivity contribution in [3.05, 3.63) is 28.2 Å². The van der Waals surface area contributed by atoms with Gasteiger partial charge in [0, 0.05) is 6.07 Å². The van der Waals surface area contributed by atoms with E-state index in [2.05, 4.69) is 26.6 Å². The summed E-state index contributed by atoms with van der Waals surface area (Å²) in [6.07, 6.45) is 2.13. The van der Waals surface area contributed by atoms with Crippen LogP contribution >= 0.6 is 15.9 Å². The number of hydrogen-bond donors (Lipinski definition) is 2. The summed E-state index contributed by atoms with van der Waals surface area (Å²) < 4.78 is 32.5. The van der Waals surface area contributed by atoms with E-state index in [0.29, 0.717) is 0 Å². The van der Waals surface area contributed by atoms with Crippen LogP contribution < -0.4 is 10.6 Å². The number of carbonyl (C=O) groups is 1. The molecular formula is C14H17BrF2N2O2. The minimum atomic E-state index is -0.684. The number of carbonyl (C=O) groups excluding carboxylic acids is 1. The Morgan fingerprint density at radius 3 is 2.76 bits per heavy atom. The van der Waals surface area contributed by atoms with E-state index in [-0.39, 0.29) is 29.3 Å². The van der Waals surface area contributed by atoms with Gasteiger partial charge in [-0.2, -0.15) is 0 Å². The number of rotatable bonds is 5. The number of hydrogen-bond acceptors (Lipinski definition) is 3. The molecule has 1 amide bonds. The van der Waals surface area contributed by atoms with Crippen molar-refractivity contribution in [2.24, 2.45) is 0 Å². The molecule has 116 valence electrons. The monoisotopic (exact) mass is 362 g/mol. The van der Waals surface area contributed by atoms with Crippen molar-refractivity contribution < 1.29 is 18.3 Å². The van der Waals surface area contributed by atoms with Crippen LogP contribution in [0.25, 0.3) is 0 Å². The maximum atomic E-state index is 13.6. The van der Waals surface area contributed by atoms with E-state index in [9.17, 15) is 13.6 Å². The molecule has 0 spiro atoms. The first-order chi connectivity index (χ1) is 10.1. The average Bonchev–Trinajstić information content (AvgIpc) is 2.46.